The van der Waals surface area contributed by atoms with Gasteiger partial charge in [-0.3, -0.25) is 9.20 Å². The quantitative estimate of drug-likeness (QED) is 0.935. The Kier molecular flexibility index (Phi) is 4.35. The molecular formula is C17H25N5O. The number of nitrogens with zero attached hydrogens (tertiary/aromatic N) is 4. The highest BCUT2D eigenvalue weighted by molar-refractivity contribution is 5.85. The Balaban J connectivity index is 1.80. The zero-order valence-corrected chi connectivity index (χ0v) is 13.9. The molecule has 6 nitrogen and oxygen atoms in total. The normalized spacial score (nSPS) is 21.3. The van der Waals surface area contributed by atoms with Crippen LogP contribution in [0.3, 0.4) is 0 Å². The molecule has 0 aromatic carbocycles. The molecule has 2 atom stereocenters. The molecule has 0 bridgehead atoms. The lowest BCUT2D eigenvalue weighted by Crippen LogP contribution is -2.55. The van der Waals surface area contributed by atoms with Gasteiger partial charge in [0.15, 0.2) is 5.65 Å². The summed E-state index contributed by atoms with van der Waals surface area (Å²) in [6, 6.07) is 5.87. The maximum atomic E-state index is 12.7. The highest BCUT2D eigenvalue weighted by Crippen LogP contribution is 2.27. The molecule has 2 aromatic heterocycles. The van der Waals surface area contributed by atoms with Gasteiger partial charge in [-0.25, -0.2) is 0 Å². The largest absolute Gasteiger partial charge is 0.340 e. The Hall–Kier alpha value is -1.95. The Morgan fingerprint density at radius 1 is 1.43 bits per heavy atom. The summed E-state index contributed by atoms with van der Waals surface area (Å²) in [6.07, 6.45) is 5.59. The van der Waals surface area contributed by atoms with Crippen molar-refractivity contribution in [2.75, 3.05) is 13.1 Å². The smallest absolute Gasteiger partial charge is 0.242 e. The number of amides is 1. The third kappa shape index (κ3) is 3.08. The van der Waals surface area contributed by atoms with E-state index in [4.69, 9.17) is 5.73 Å². The maximum absolute atomic E-state index is 12.7. The molecule has 124 valence electrons. The van der Waals surface area contributed by atoms with Crippen LogP contribution < -0.4 is 5.73 Å². The molecule has 0 aliphatic carbocycles. The van der Waals surface area contributed by atoms with Gasteiger partial charge in [-0.15, -0.1) is 10.2 Å². The van der Waals surface area contributed by atoms with E-state index in [9.17, 15) is 4.79 Å². The van der Waals surface area contributed by atoms with Gasteiger partial charge < -0.3 is 10.6 Å². The van der Waals surface area contributed by atoms with E-state index in [1.54, 1.807) is 0 Å². The molecule has 1 fully saturated rings. The summed E-state index contributed by atoms with van der Waals surface area (Å²) >= 11 is 0. The Labute approximate surface area is 136 Å². The number of fused-ring (bicyclic) bond motifs is 1. The fourth-order valence-corrected chi connectivity index (χ4v) is 3.50. The van der Waals surface area contributed by atoms with Gasteiger partial charge in [0.2, 0.25) is 5.91 Å². The predicted molar refractivity (Wildman–Crippen MR) is 89.0 cm³/mol. The van der Waals surface area contributed by atoms with Gasteiger partial charge in [0.05, 0.1) is 5.54 Å². The number of nitrogens with two attached hydrogens (primary N) is 1. The summed E-state index contributed by atoms with van der Waals surface area (Å²) < 4.78 is 2.02. The molecule has 1 aliphatic heterocycles. The lowest BCUT2D eigenvalue weighted by Gasteiger charge is -2.37. The third-order valence-electron chi connectivity index (χ3n) is 4.67. The first-order valence-electron chi connectivity index (χ1n) is 8.41. The fraction of sp³-hybridized carbons (Fsp3) is 0.588. The van der Waals surface area contributed by atoms with E-state index in [1.807, 2.05) is 40.6 Å². The van der Waals surface area contributed by atoms with Gasteiger partial charge >= 0.3 is 0 Å². The molecule has 2 aromatic rings. The van der Waals surface area contributed by atoms with Crippen LogP contribution in [0.1, 0.15) is 51.3 Å². The molecule has 6 heteroatoms. The van der Waals surface area contributed by atoms with Gasteiger partial charge in [-0.2, -0.15) is 0 Å². The molecule has 3 heterocycles. The van der Waals surface area contributed by atoms with Crippen molar-refractivity contribution in [2.45, 2.75) is 51.0 Å². The number of aromatic nitrogens is 3. The van der Waals surface area contributed by atoms with E-state index in [0.29, 0.717) is 13.0 Å². The van der Waals surface area contributed by atoms with Crippen LogP contribution in [-0.4, -0.2) is 44.0 Å². The molecule has 0 spiro atoms. The van der Waals surface area contributed by atoms with Crippen LogP contribution in [0.15, 0.2) is 24.4 Å². The highest BCUT2D eigenvalue weighted by Gasteiger charge is 2.35. The van der Waals surface area contributed by atoms with Crippen molar-refractivity contribution in [1.29, 1.82) is 0 Å². The Morgan fingerprint density at radius 2 is 2.26 bits per heavy atom. The Morgan fingerprint density at radius 3 is 3.04 bits per heavy atom. The monoisotopic (exact) mass is 315 g/mol. The first-order chi connectivity index (χ1) is 11.0. The number of rotatable bonds is 4. The lowest BCUT2D eigenvalue weighted by atomic mass is 9.92. The zero-order valence-electron chi connectivity index (χ0n) is 13.9. The van der Waals surface area contributed by atoms with Crippen molar-refractivity contribution in [3.8, 4) is 0 Å². The van der Waals surface area contributed by atoms with E-state index in [2.05, 4.69) is 17.1 Å². The zero-order chi connectivity index (χ0) is 16.4. The van der Waals surface area contributed by atoms with Gasteiger partial charge in [0, 0.05) is 25.2 Å². The summed E-state index contributed by atoms with van der Waals surface area (Å²) in [6.45, 7) is 5.35. The number of hydrogen-bond acceptors (Lipinski definition) is 4. The van der Waals surface area contributed by atoms with Gasteiger partial charge in [-0.1, -0.05) is 19.4 Å². The Bertz CT molecular complexity index is 693. The first kappa shape index (κ1) is 15.9. The standard InChI is InChI=1S/C17H25N5O/c1-3-9-17(2,18)16(23)21-10-6-7-13(12-21)15-20-19-14-8-4-5-11-22(14)15/h4-5,8,11,13H,3,6-7,9-10,12,18H2,1-2H3. The van der Waals surface area contributed by atoms with E-state index < -0.39 is 5.54 Å². The number of hydrogen-bond donors (Lipinski definition) is 1. The molecule has 1 saturated heterocycles. The number of carbonyl (C=O) groups excluding carboxylic acids is 1. The van der Waals surface area contributed by atoms with Gasteiger partial charge in [0.25, 0.3) is 0 Å². The molecular weight excluding hydrogens is 290 g/mol. The van der Waals surface area contributed by atoms with Crippen LogP contribution in [0.2, 0.25) is 0 Å². The average molecular weight is 315 g/mol. The maximum Gasteiger partial charge on any atom is 0.242 e. The van der Waals surface area contributed by atoms with Crippen LogP contribution in [-0.2, 0) is 4.79 Å². The van der Waals surface area contributed by atoms with E-state index in [0.717, 1.165) is 37.3 Å². The molecule has 0 saturated carbocycles. The lowest BCUT2D eigenvalue weighted by molar-refractivity contribution is -0.138. The van der Waals surface area contributed by atoms with Crippen molar-refractivity contribution >= 4 is 11.6 Å². The number of piperidine rings is 1. The van der Waals surface area contributed by atoms with E-state index in [-0.39, 0.29) is 11.8 Å². The average Bonchev–Trinajstić information content (AvgIpc) is 2.98. The molecule has 2 unspecified atom stereocenters. The summed E-state index contributed by atoms with van der Waals surface area (Å²) in [4.78, 5) is 14.7. The number of carbonyl (C=O) groups is 1. The molecule has 2 N–H and O–H groups in total. The second-order valence-corrected chi connectivity index (χ2v) is 6.74. The van der Waals surface area contributed by atoms with Crippen molar-refractivity contribution < 1.29 is 4.79 Å². The third-order valence-corrected chi connectivity index (χ3v) is 4.67. The molecule has 3 rings (SSSR count). The summed E-state index contributed by atoms with van der Waals surface area (Å²) in [5.41, 5.74) is 6.31. The summed E-state index contributed by atoms with van der Waals surface area (Å²) in [5.74, 6) is 1.20. The van der Waals surface area contributed by atoms with E-state index >= 15 is 0 Å². The minimum Gasteiger partial charge on any atom is -0.340 e. The van der Waals surface area contributed by atoms with Crippen molar-refractivity contribution in [2.24, 2.45) is 5.73 Å². The van der Waals surface area contributed by atoms with Crippen molar-refractivity contribution in [3.63, 3.8) is 0 Å². The van der Waals surface area contributed by atoms with Gasteiger partial charge in [0.1, 0.15) is 5.82 Å². The molecule has 23 heavy (non-hydrogen) atoms. The summed E-state index contributed by atoms with van der Waals surface area (Å²) in [7, 11) is 0. The second-order valence-electron chi connectivity index (χ2n) is 6.74. The summed E-state index contributed by atoms with van der Waals surface area (Å²) in [5, 5.41) is 8.58. The minimum absolute atomic E-state index is 0.0536. The van der Waals surface area contributed by atoms with Crippen LogP contribution in [0, 0.1) is 0 Å². The van der Waals surface area contributed by atoms with Crippen LogP contribution >= 0.6 is 0 Å². The topological polar surface area (TPSA) is 76.5 Å². The van der Waals surface area contributed by atoms with Crippen LogP contribution in [0.25, 0.3) is 5.65 Å². The van der Waals surface area contributed by atoms with E-state index in [1.165, 1.54) is 0 Å². The first-order valence-corrected chi connectivity index (χ1v) is 8.41. The molecule has 1 aliphatic rings. The second kappa shape index (κ2) is 6.28. The van der Waals surface area contributed by atoms with Crippen LogP contribution in [0.5, 0.6) is 0 Å². The molecule has 0 radical (unpaired) electrons. The minimum atomic E-state index is -0.774. The molecule has 1 amide bonds. The van der Waals surface area contributed by atoms with Gasteiger partial charge in [-0.05, 0) is 38.3 Å². The van der Waals surface area contributed by atoms with Crippen molar-refractivity contribution in [1.82, 2.24) is 19.5 Å². The number of pyridine rings is 1. The predicted octanol–water partition coefficient (Wildman–Crippen LogP) is 1.95. The highest BCUT2D eigenvalue weighted by atomic mass is 16.2. The fourth-order valence-electron chi connectivity index (χ4n) is 3.50. The number of likely N-dealkylation sites (tertiary alicyclic amines) is 1. The van der Waals surface area contributed by atoms with Crippen LogP contribution in [0.4, 0.5) is 0 Å². The SMILES string of the molecule is CCCC(C)(N)C(=O)N1CCCC(c2nnc3ccccn23)C1. The van der Waals surface area contributed by atoms with Crippen molar-refractivity contribution in [3.05, 3.63) is 30.2 Å².